The number of nitrogens with one attached hydrogen (secondary N) is 1. The maximum atomic E-state index is 13.4. The highest BCUT2D eigenvalue weighted by atomic mass is 32.2. The molecule has 3 aromatic carbocycles. The second kappa shape index (κ2) is 6.42. The molecule has 0 unspecified atom stereocenters. The van der Waals surface area contributed by atoms with Crippen LogP contribution in [0.1, 0.15) is 0 Å². The summed E-state index contributed by atoms with van der Waals surface area (Å²) in [6.45, 7) is 0. The van der Waals surface area contributed by atoms with Crippen molar-refractivity contribution in [3.63, 3.8) is 0 Å². The molecule has 2 N–H and O–H groups in total. The molecule has 0 atom stereocenters. The van der Waals surface area contributed by atoms with Gasteiger partial charge in [-0.3, -0.25) is 10.1 Å². The Morgan fingerprint density at radius 1 is 0.897 bits per heavy atom. The molecule has 29 heavy (non-hydrogen) atoms. The van der Waals surface area contributed by atoms with Crippen LogP contribution in [0.15, 0.2) is 88.9 Å². The van der Waals surface area contributed by atoms with Gasteiger partial charge in [0, 0.05) is 17.0 Å². The van der Waals surface area contributed by atoms with E-state index in [1.165, 1.54) is 18.3 Å². The van der Waals surface area contributed by atoms with E-state index in [0.717, 1.165) is 22.0 Å². The first kappa shape index (κ1) is 17.4. The third kappa shape index (κ3) is 2.75. The zero-order chi connectivity index (χ0) is 20.0. The first-order chi connectivity index (χ1) is 14.1. The van der Waals surface area contributed by atoms with Gasteiger partial charge in [-0.1, -0.05) is 24.3 Å². The Bertz CT molecular complexity index is 1490. The zero-order valence-corrected chi connectivity index (χ0v) is 15.9. The van der Waals surface area contributed by atoms with Crippen molar-refractivity contribution in [2.45, 2.75) is 9.79 Å². The van der Waals surface area contributed by atoms with E-state index in [1.54, 1.807) is 36.5 Å². The highest BCUT2D eigenvalue weighted by molar-refractivity contribution is 7.91. The van der Waals surface area contributed by atoms with Gasteiger partial charge in [-0.2, -0.15) is 5.10 Å². The second-order valence-corrected chi connectivity index (χ2v) is 8.57. The minimum atomic E-state index is -3.83. The molecule has 0 saturated carbocycles. The molecule has 0 saturated heterocycles. The summed E-state index contributed by atoms with van der Waals surface area (Å²) in [5.41, 5.74) is 2.81. The van der Waals surface area contributed by atoms with Crippen LogP contribution in [0.2, 0.25) is 0 Å². The Hall–Kier alpha value is -3.71. The van der Waals surface area contributed by atoms with Crippen molar-refractivity contribution in [2.75, 3.05) is 0 Å². The first-order valence-electron chi connectivity index (χ1n) is 8.90. The average molecular weight is 401 g/mol. The van der Waals surface area contributed by atoms with E-state index >= 15 is 0 Å². The lowest BCUT2D eigenvalue weighted by Gasteiger charge is -2.11. The maximum Gasteiger partial charge on any atom is 0.207 e. The largest absolute Gasteiger partial charge is 0.506 e. The molecule has 142 valence electrons. The number of fused-ring (bicyclic) bond motifs is 2. The van der Waals surface area contributed by atoms with Gasteiger partial charge in [0.05, 0.1) is 21.5 Å². The number of hydrogen-bond donors (Lipinski definition) is 2. The molecule has 5 aromatic rings. The average Bonchev–Trinajstić information content (AvgIpc) is 3.23. The molecule has 0 aliphatic carbocycles. The minimum Gasteiger partial charge on any atom is -0.506 e. The highest BCUT2D eigenvalue weighted by Crippen LogP contribution is 2.34. The van der Waals surface area contributed by atoms with Crippen molar-refractivity contribution in [3.8, 4) is 16.9 Å². The van der Waals surface area contributed by atoms with Crippen molar-refractivity contribution in [3.05, 3.63) is 79.1 Å². The maximum absolute atomic E-state index is 13.4. The van der Waals surface area contributed by atoms with Crippen molar-refractivity contribution in [1.82, 2.24) is 15.2 Å². The highest BCUT2D eigenvalue weighted by Gasteiger charge is 2.22. The first-order valence-corrected chi connectivity index (χ1v) is 10.4. The van der Waals surface area contributed by atoms with Gasteiger partial charge in [0.1, 0.15) is 11.3 Å². The lowest BCUT2D eigenvalue weighted by molar-refractivity contribution is 0.480. The topological polar surface area (TPSA) is 95.9 Å². The standard InChI is InChI=1S/C22H15N3O3S/c26-20-9-10-21(17-7-3-11-23-22(17)20)29(27,28)15-5-1-4-14(12-15)16-6-2-8-19-18(16)13-24-25-19/h1-13,26H,(H,24,25). The number of hydrogen-bond acceptors (Lipinski definition) is 5. The van der Waals surface area contributed by atoms with Gasteiger partial charge in [-0.25, -0.2) is 8.42 Å². The van der Waals surface area contributed by atoms with Crippen molar-refractivity contribution >= 4 is 31.6 Å². The van der Waals surface area contributed by atoms with Crippen molar-refractivity contribution in [2.24, 2.45) is 0 Å². The number of rotatable bonds is 3. The summed E-state index contributed by atoms with van der Waals surface area (Å²) < 4.78 is 26.9. The van der Waals surface area contributed by atoms with Crippen LogP contribution in [0.25, 0.3) is 32.9 Å². The molecular weight excluding hydrogens is 386 g/mol. The summed E-state index contributed by atoms with van der Waals surface area (Å²) in [6.07, 6.45) is 3.25. The molecule has 2 heterocycles. The molecule has 5 rings (SSSR count). The van der Waals surface area contributed by atoms with E-state index in [9.17, 15) is 13.5 Å². The Labute approximate surface area is 166 Å². The Balaban J connectivity index is 1.70. The van der Waals surface area contributed by atoms with Gasteiger partial charge < -0.3 is 5.11 Å². The number of pyridine rings is 1. The van der Waals surface area contributed by atoms with E-state index in [1.807, 2.05) is 24.3 Å². The van der Waals surface area contributed by atoms with E-state index in [0.29, 0.717) is 5.39 Å². The van der Waals surface area contributed by atoms with Crippen molar-refractivity contribution < 1.29 is 13.5 Å². The number of H-pyrrole nitrogens is 1. The molecule has 0 amide bonds. The summed E-state index contributed by atoms with van der Waals surface area (Å²) >= 11 is 0. The van der Waals surface area contributed by atoms with Gasteiger partial charge in [-0.05, 0) is 53.6 Å². The third-order valence-electron chi connectivity index (χ3n) is 4.94. The van der Waals surface area contributed by atoms with E-state index in [4.69, 9.17) is 0 Å². The molecule has 0 radical (unpaired) electrons. The summed E-state index contributed by atoms with van der Waals surface area (Å²) in [6, 6.07) is 18.6. The SMILES string of the molecule is O=S(=O)(c1cccc(-c2cccc3[nH]ncc23)c1)c1ccc(O)c2ncccc12. The van der Waals surface area contributed by atoms with Crippen LogP contribution in [0, 0.1) is 0 Å². The smallest absolute Gasteiger partial charge is 0.207 e. The fourth-order valence-electron chi connectivity index (χ4n) is 3.54. The molecule has 2 aromatic heterocycles. The third-order valence-corrected chi connectivity index (χ3v) is 6.75. The zero-order valence-electron chi connectivity index (χ0n) is 15.1. The summed E-state index contributed by atoms with van der Waals surface area (Å²) in [5.74, 6) is -0.0556. The molecule has 0 fully saturated rings. The molecule has 0 aliphatic rings. The second-order valence-electron chi connectivity index (χ2n) is 6.65. The Morgan fingerprint density at radius 3 is 2.66 bits per heavy atom. The monoisotopic (exact) mass is 401 g/mol. The van der Waals surface area contributed by atoms with Crippen LogP contribution in [0.4, 0.5) is 0 Å². The number of sulfone groups is 1. The minimum absolute atomic E-state index is 0.0556. The number of nitrogens with zero attached hydrogens (tertiary/aromatic N) is 2. The number of aromatic hydroxyl groups is 1. The van der Waals surface area contributed by atoms with Crippen LogP contribution in [-0.2, 0) is 9.84 Å². The summed E-state index contributed by atoms with van der Waals surface area (Å²) in [7, 11) is -3.83. The molecular formula is C22H15N3O3S. The van der Waals surface area contributed by atoms with Crippen LogP contribution in [0.3, 0.4) is 0 Å². The number of aromatic amines is 1. The van der Waals surface area contributed by atoms with E-state index < -0.39 is 9.84 Å². The predicted molar refractivity (Wildman–Crippen MR) is 110 cm³/mol. The van der Waals surface area contributed by atoms with Crippen LogP contribution < -0.4 is 0 Å². The molecule has 7 heteroatoms. The van der Waals surface area contributed by atoms with Gasteiger partial charge in [-0.15, -0.1) is 0 Å². The molecule has 0 spiro atoms. The van der Waals surface area contributed by atoms with E-state index in [-0.39, 0.29) is 21.1 Å². The quantitative estimate of drug-likeness (QED) is 0.469. The van der Waals surface area contributed by atoms with E-state index in [2.05, 4.69) is 15.2 Å². The predicted octanol–water partition coefficient (Wildman–Crippen LogP) is 4.32. The number of benzene rings is 3. The number of aromatic nitrogens is 3. The lowest BCUT2D eigenvalue weighted by Crippen LogP contribution is -2.03. The Kier molecular flexibility index (Phi) is 3.85. The van der Waals surface area contributed by atoms with Gasteiger partial charge in [0.15, 0.2) is 0 Å². The van der Waals surface area contributed by atoms with Crippen LogP contribution in [-0.4, -0.2) is 28.7 Å². The lowest BCUT2D eigenvalue weighted by atomic mass is 10.0. The summed E-state index contributed by atoms with van der Waals surface area (Å²) in [4.78, 5) is 4.40. The molecule has 0 aliphatic heterocycles. The molecule has 0 bridgehead atoms. The molecule has 6 nitrogen and oxygen atoms in total. The van der Waals surface area contributed by atoms with Gasteiger partial charge in [0.25, 0.3) is 0 Å². The Morgan fingerprint density at radius 2 is 1.76 bits per heavy atom. The van der Waals surface area contributed by atoms with Crippen molar-refractivity contribution in [1.29, 1.82) is 0 Å². The van der Waals surface area contributed by atoms with Crippen LogP contribution >= 0.6 is 0 Å². The number of phenolic OH excluding ortho intramolecular Hbond substituents is 1. The summed E-state index contributed by atoms with van der Waals surface area (Å²) in [5, 5.41) is 18.3. The van der Waals surface area contributed by atoms with Gasteiger partial charge in [0.2, 0.25) is 9.84 Å². The van der Waals surface area contributed by atoms with Gasteiger partial charge >= 0.3 is 0 Å². The fraction of sp³-hybridized carbons (Fsp3) is 0. The fourth-order valence-corrected chi connectivity index (χ4v) is 5.04. The number of phenols is 1. The van der Waals surface area contributed by atoms with Crippen LogP contribution in [0.5, 0.6) is 5.75 Å². The normalized spacial score (nSPS) is 11.9.